The van der Waals surface area contributed by atoms with E-state index in [-0.39, 0.29) is 0 Å². The highest BCUT2D eigenvalue weighted by molar-refractivity contribution is 5.94. The van der Waals surface area contributed by atoms with E-state index in [1.807, 2.05) is 6.07 Å². The molecular formula is C16H19NO6. The van der Waals surface area contributed by atoms with E-state index in [1.165, 1.54) is 7.11 Å². The molecule has 1 aromatic carbocycles. The van der Waals surface area contributed by atoms with Crippen molar-refractivity contribution in [3.8, 4) is 11.8 Å². The smallest absolute Gasteiger partial charge is 0.296 e. The van der Waals surface area contributed by atoms with Gasteiger partial charge < -0.3 is 30.1 Å². The average molecular weight is 321 g/mol. The Morgan fingerprint density at radius 2 is 2.00 bits per heavy atom. The first-order chi connectivity index (χ1) is 11.1. The first-order valence-corrected chi connectivity index (χ1v) is 7.09. The maximum atomic E-state index is 11.9. The number of benzene rings is 1. The SMILES string of the molecule is CO[C@@H]1O[C@H](CO)[C@@H](O)[C@H](O)[C@H]1NC(=O)C#Cc1ccccc1. The minimum atomic E-state index is -1.35. The van der Waals surface area contributed by atoms with Gasteiger partial charge in [0.2, 0.25) is 0 Å². The molecular weight excluding hydrogens is 302 g/mol. The lowest BCUT2D eigenvalue weighted by Crippen LogP contribution is -2.64. The highest BCUT2D eigenvalue weighted by Crippen LogP contribution is 2.21. The molecule has 2 rings (SSSR count). The van der Waals surface area contributed by atoms with Gasteiger partial charge in [0.05, 0.1) is 6.61 Å². The summed E-state index contributed by atoms with van der Waals surface area (Å²) in [6.07, 6.45) is -4.70. The largest absolute Gasteiger partial charge is 0.394 e. The topological polar surface area (TPSA) is 108 Å². The zero-order chi connectivity index (χ0) is 16.8. The van der Waals surface area contributed by atoms with Gasteiger partial charge in [-0.05, 0) is 12.1 Å². The van der Waals surface area contributed by atoms with Crippen LogP contribution in [0.2, 0.25) is 0 Å². The van der Waals surface area contributed by atoms with Gasteiger partial charge in [-0.25, -0.2) is 0 Å². The Morgan fingerprint density at radius 1 is 1.30 bits per heavy atom. The number of methoxy groups -OCH3 is 1. The summed E-state index contributed by atoms with van der Waals surface area (Å²) in [6, 6.07) is 7.94. The van der Waals surface area contributed by atoms with Crippen LogP contribution in [0.5, 0.6) is 0 Å². The Hall–Kier alpha value is -1.95. The van der Waals surface area contributed by atoms with E-state index in [0.717, 1.165) is 0 Å². The van der Waals surface area contributed by atoms with Gasteiger partial charge in [-0.2, -0.15) is 0 Å². The summed E-state index contributed by atoms with van der Waals surface area (Å²) in [7, 11) is 1.33. The van der Waals surface area contributed by atoms with E-state index < -0.39 is 43.2 Å². The molecule has 1 heterocycles. The van der Waals surface area contributed by atoms with Crippen LogP contribution in [0.3, 0.4) is 0 Å². The maximum absolute atomic E-state index is 11.9. The molecule has 1 fully saturated rings. The van der Waals surface area contributed by atoms with E-state index in [4.69, 9.17) is 14.6 Å². The van der Waals surface area contributed by atoms with E-state index in [9.17, 15) is 15.0 Å². The lowest BCUT2D eigenvalue weighted by atomic mass is 9.97. The van der Waals surface area contributed by atoms with Crippen molar-refractivity contribution in [3.05, 3.63) is 35.9 Å². The van der Waals surface area contributed by atoms with E-state index in [1.54, 1.807) is 24.3 Å². The van der Waals surface area contributed by atoms with Crippen molar-refractivity contribution in [1.82, 2.24) is 5.32 Å². The molecule has 0 aromatic heterocycles. The lowest BCUT2D eigenvalue weighted by Gasteiger charge is -2.41. The second kappa shape index (κ2) is 8.06. The molecule has 4 N–H and O–H groups in total. The second-order valence-corrected chi connectivity index (χ2v) is 5.06. The summed E-state index contributed by atoms with van der Waals surface area (Å²) in [5, 5.41) is 31.5. The monoisotopic (exact) mass is 321 g/mol. The Morgan fingerprint density at radius 3 is 2.61 bits per heavy atom. The first-order valence-electron chi connectivity index (χ1n) is 7.09. The van der Waals surface area contributed by atoms with Crippen molar-refractivity contribution >= 4 is 5.91 Å². The molecule has 1 saturated heterocycles. The highest BCUT2D eigenvalue weighted by atomic mass is 16.7. The van der Waals surface area contributed by atoms with Crippen LogP contribution in [0.4, 0.5) is 0 Å². The van der Waals surface area contributed by atoms with Crippen molar-refractivity contribution < 1.29 is 29.6 Å². The summed E-state index contributed by atoms with van der Waals surface area (Å²) < 4.78 is 10.3. The van der Waals surface area contributed by atoms with Gasteiger partial charge >= 0.3 is 0 Å². The maximum Gasteiger partial charge on any atom is 0.296 e. The molecule has 124 valence electrons. The molecule has 0 aliphatic carbocycles. The van der Waals surface area contributed by atoms with Crippen molar-refractivity contribution in [2.75, 3.05) is 13.7 Å². The minimum absolute atomic E-state index is 0.480. The van der Waals surface area contributed by atoms with Crippen LogP contribution in [0, 0.1) is 11.8 Å². The number of ether oxygens (including phenoxy) is 2. The number of nitrogens with one attached hydrogen (secondary N) is 1. The van der Waals surface area contributed by atoms with Crippen LogP contribution in [0.25, 0.3) is 0 Å². The Labute approximate surface area is 133 Å². The fraction of sp³-hybridized carbons (Fsp3) is 0.438. The number of rotatable bonds is 3. The van der Waals surface area contributed by atoms with Crippen LogP contribution in [-0.4, -0.2) is 65.6 Å². The van der Waals surface area contributed by atoms with Gasteiger partial charge in [0, 0.05) is 18.6 Å². The Balaban J connectivity index is 2.05. The van der Waals surface area contributed by atoms with Crippen molar-refractivity contribution in [1.29, 1.82) is 0 Å². The van der Waals surface area contributed by atoms with E-state index >= 15 is 0 Å². The number of hydrogen-bond donors (Lipinski definition) is 4. The zero-order valence-electron chi connectivity index (χ0n) is 12.5. The van der Waals surface area contributed by atoms with E-state index in [2.05, 4.69) is 17.2 Å². The molecule has 1 aromatic rings. The van der Waals surface area contributed by atoms with Gasteiger partial charge in [-0.15, -0.1) is 0 Å². The zero-order valence-corrected chi connectivity index (χ0v) is 12.5. The van der Waals surface area contributed by atoms with Gasteiger partial charge in [0.15, 0.2) is 6.29 Å². The normalized spacial score (nSPS) is 30.2. The minimum Gasteiger partial charge on any atom is -0.394 e. The Bertz CT molecular complexity index is 579. The molecule has 0 spiro atoms. The summed E-state index contributed by atoms with van der Waals surface area (Å²) in [6.45, 7) is -0.480. The van der Waals surface area contributed by atoms with Crippen LogP contribution in [0.15, 0.2) is 30.3 Å². The number of carbonyl (C=O) groups is 1. The van der Waals surface area contributed by atoms with Crippen molar-refractivity contribution in [2.45, 2.75) is 30.6 Å². The number of amides is 1. The number of aliphatic hydroxyl groups is 3. The predicted octanol–water partition coefficient (Wildman–Crippen LogP) is -1.39. The van der Waals surface area contributed by atoms with Crippen LogP contribution in [0.1, 0.15) is 5.56 Å². The number of carbonyl (C=O) groups excluding carboxylic acids is 1. The summed E-state index contributed by atoms with van der Waals surface area (Å²) >= 11 is 0. The average Bonchev–Trinajstić information content (AvgIpc) is 2.58. The molecule has 5 atom stereocenters. The molecule has 7 heteroatoms. The van der Waals surface area contributed by atoms with Gasteiger partial charge in [0.1, 0.15) is 24.4 Å². The second-order valence-electron chi connectivity index (χ2n) is 5.06. The molecule has 1 amide bonds. The molecule has 0 unspecified atom stereocenters. The summed E-state index contributed by atoms with van der Waals surface area (Å²) in [5.74, 6) is 4.44. The predicted molar refractivity (Wildman–Crippen MR) is 80.0 cm³/mol. The standard InChI is InChI=1S/C16H19NO6/c1-22-16-13(15(21)14(20)11(9-18)23-16)17-12(19)8-7-10-5-3-2-4-6-10/h2-6,11,13-16,18,20-21H,9H2,1H3,(H,17,19)/t11-,13-,14-,15-,16-/m1/s1. The number of hydrogen-bond acceptors (Lipinski definition) is 6. The van der Waals surface area contributed by atoms with Crippen molar-refractivity contribution in [3.63, 3.8) is 0 Å². The fourth-order valence-electron chi connectivity index (χ4n) is 2.28. The molecule has 0 bridgehead atoms. The summed E-state index contributed by atoms with van der Waals surface area (Å²) in [4.78, 5) is 11.9. The molecule has 0 radical (unpaired) electrons. The van der Waals surface area contributed by atoms with Crippen molar-refractivity contribution in [2.24, 2.45) is 0 Å². The highest BCUT2D eigenvalue weighted by Gasteiger charge is 2.45. The van der Waals surface area contributed by atoms with Gasteiger partial charge in [0.25, 0.3) is 5.91 Å². The fourth-order valence-corrected chi connectivity index (χ4v) is 2.28. The quantitative estimate of drug-likeness (QED) is 0.511. The first kappa shape index (κ1) is 17.4. The third-order valence-corrected chi connectivity index (χ3v) is 3.51. The third kappa shape index (κ3) is 4.28. The van der Waals surface area contributed by atoms with Crippen LogP contribution in [-0.2, 0) is 14.3 Å². The molecule has 7 nitrogen and oxygen atoms in total. The number of aliphatic hydroxyl groups excluding tert-OH is 3. The molecule has 0 saturated carbocycles. The van der Waals surface area contributed by atoms with Crippen LogP contribution < -0.4 is 5.32 Å². The lowest BCUT2D eigenvalue weighted by molar-refractivity contribution is -0.262. The Kier molecular flexibility index (Phi) is 6.10. The van der Waals surface area contributed by atoms with Gasteiger partial charge in [-0.3, -0.25) is 4.79 Å². The molecule has 1 aliphatic heterocycles. The molecule has 23 heavy (non-hydrogen) atoms. The van der Waals surface area contributed by atoms with Gasteiger partial charge in [-0.1, -0.05) is 24.1 Å². The summed E-state index contributed by atoms with van der Waals surface area (Å²) in [5.41, 5.74) is 0.673. The van der Waals surface area contributed by atoms with E-state index in [0.29, 0.717) is 5.56 Å². The third-order valence-electron chi connectivity index (χ3n) is 3.51. The van der Waals surface area contributed by atoms with Crippen LogP contribution >= 0.6 is 0 Å². The molecule has 1 aliphatic rings.